The van der Waals surface area contributed by atoms with Crippen LogP contribution in [0.4, 0.5) is 5.69 Å². The number of hydrogen-bond donors (Lipinski definition) is 3. The molecule has 1 amide bonds. The second-order valence-corrected chi connectivity index (χ2v) is 7.33. The number of carbonyl (C=O) groups is 1. The van der Waals surface area contributed by atoms with Gasteiger partial charge in [-0.05, 0) is 49.5 Å². The minimum atomic E-state index is -0.211. The standard InChI is InChI=1S/C18H24N4O2S.2ClH/c19-9-17-21-16(12-25-17)18(24)20-15-3-1-2-14(8-15)10-22-6-4-13(11-23)5-7-22;;/h1-3,8,12-13,23H,4-7,9-11,19H2,(H,20,24);2*1H. The van der Waals surface area contributed by atoms with E-state index in [9.17, 15) is 9.90 Å². The Morgan fingerprint density at radius 1 is 1.33 bits per heavy atom. The molecule has 150 valence electrons. The van der Waals surface area contributed by atoms with Crippen molar-refractivity contribution in [2.24, 2.45) is 11.7 Å². The smallest absolute Gasteiger partial charge is 0.275 e. The zero-order chi connectivity index (χ0) is 17.6. The first-order chi connectivity index (χ1) is 12.2. The number of benzene rings is 1. The van der Waals surface area contributed by atoms with Crippen LogP contribution >= 0.6 is 36.2 Å². The highest BCUT2D eigenvalue weighted by molar-refractivity contribution is 7.09. The maximum atomic E-state index is 12.3. The molecule has 2 aromatic rings. The number of aliphatic hydroxyl groups excluding tert-OH is 1. The fourth-order valence-corrected chi connectivity index (χ4v) is 3.69. The Morgan fingerprint density at radius 2 is 2.07 bits per heavy atom. The number of nitrogens with one attached hydrogen (secondary N) is 1. The van der Waals surface area contributed by atoms with Crippen molar-refractivity contribution in [3.63, 3.8) is 0 Å². The first-order valence-corrected chi connectivity index (χ1v) is 9.44. The van der Waals surface area contributed by atoms with Crippen molar-refractivity contribution >= 4 is 47.7 Å². The number of hydrogen-bond acceptors (Lipinski definition) is 6. The SMILES string of the molecule is Cl.Cl.NCc1nc(C(=O)Nc2cccc(CN3CCC(CO)CC3)c2)cs1. The average molecular weight is 433 g/mol. The highest BCUT2D eigenvalue weighted by atomic mass is 35.5. The van der Waals surface area contributed by atoms with Crippen LogP contribution in [-0.2, 0) is 13.1 Å². The molecule has 0 radical (unpaired) electrons. The molecule has 0 atom stereocenters. The lowest BCUT2D eigenvalue weighted by atomic mass is 9.97. The molecule has 1 saturated heterocycles. The van der Waals surface area contributed by atoms with Crippen LogP contribution in [0.5, 0.6) is 0 Å². The van der Waals surface area contributed by atoms with Gasteiger partial charge in [-0.1, -0.05) is 12.1 Å². The summed E-state index contributed by atoms with van der Waals surface area (Å²) in [4.78, 5) is 18.9. The first kappa shape index (κ1) is 23.8. The maximum absolute atomic E-state index is 12.3. The van der Waals surface area contributed by atoms with Crippen LogP contribution in [0.2, 0.25) is 0 Å². The average Bonchev–Trinajstić information content (AvgIpc) is 3.12. The summed E-state index contributed by atoms with van der Waals surface area (Å²) in [6.07, 6.45) is 2.08. The maximum Gasteiger partial charge on any atom is 0.275 e. The third kappa shape index (κ3) is 6.71. The molecule has 1 aromatic heterocycles. The lowest BCUT2D eigenvalue weighted by molar-refractivity contribution is 0.102. The quantitative estimate of drug-likeness (QED) is 0.652. The van der Waals surface area contributed by atoms with E-state index in [0.29, 0.717) is 18.2 Å². The Morgan fingerprint density at radius 3 is 2.70 bits per heavy atom. The van der Waals surface area contributed by atoms with E-state index in [1.54, 1.807) is 5.38 Å². The Hall–Kier alpha value is -1.22. The van der Waals surface area contributed by atoms with E-state index in [0.717, 1.165) is 43.2 Å². The van der Waals surface area contributed by atoms with E-state index in [1.807, 2.05) is 18.2 Å². The van der Waals surface area contributed by atoms with Gasteiger partial charge in [-0.3, -0.25) is 9.69 Å². The number of nitrogens with zero attached hydrogens (tertiary/aromatic N) is 2. The van der Waals surface area contributed by atoms with Crippen LogP contribution in [0, 0.1) is 5.92 Å². The van der Waals surface area contributed by atoms with Crippen LogP contribution in [0.25, 0.3) is 0 Å². The van der Waals surface area contributed by atoms with Crippen LogP contribution in [-0.4, -0.2) is 40.6 Å². The number of amides is 1. The molecule has 1 fully saturated rings. The van der Waals surface area contributed by atoms with E-state index < -0.39 is 0 Å². The molecule has 1 aromatic carbocycles. The molecule has 2 heterocycles. The fraction of sp³-hybridized carbons (Fsp3) is 0.444. The number of halogens is 2. The zero-order valence-electron chi connectivity index (χ0n) is 15.0. The van der Waals surface area contributed by atoms with Crippen LogP contribution in [0.15, 0.2) is 29.6 Å². The van der Waals surface area contributed by atoms with Crippen molar-refractivity contribution in [3.8, 4) is 0 Å². The van der Waals surface area contributed by atoms with Gasteiger partial charge in [0.2, 0.25) is 0 Å². The molecule has 1 aliphatic rings. The molecule has 0 spiro atoms. The molecular formula is C18H26Cl2N4O2S. The summed E-state index contributed by atoms with van der Waals surface area (Å²) in [5.74, 6) is 0.232. The number of likely N-dealkylation sites (tertiary alicyclic amines) is 1. The molecule has 0 saturated carbocycles. The summed E-state index contributed by atoms with van der Waals surface area (Å²) >= 11 is 1.40. The number of anilines is 1. The number of thiazole rings is 1. The Balaban J connectivity index is 0.00000182. The summed E-state index contributed by atoms with van der Waals surface area (Å²) in [6.45, 7) is 3.50. The lowest BCUT2D eigenvalue weighted by Gasteiger charge is -2.31. The van der Waals surface area contributed by atoms with Crippen molar-refractivity contribution < 1.29 is 9.90 Å². The Labute approximate surface area is 176 Å². The van der Waals surface area contributed by atoms with Gasteiger partial charge >= 0.3 is 0 Å². The normalized spacial score (nSPS) is 14.9. The third-order valence-corrected chi connectivity index (χ3v) is 5.39. The predicted molar refractivity (Wildman–Crippen MR) is 114 cm³/mol. The second kappa shape index (κ2) is 11.6. The number of carbonyl (C=O) groups excluding carboxylic acids is 1. The molecule has 0 aliphatic carbocycles. The van der Waals surface area contributed by atoms with Crippen LogP contribution < -0.4 is 11.1 Å². The number of aromatic nitrogens is 1. The van der Waals surface area contributed by atoms with Gasteiger partial charge in [0, 0.05) is 30.8 Å². The molecule has 4 N–H and O–H groups in total. The number of nitrogens with two attached hydrogens (primary N) is 1. The second-order valence-electron chi connectivity index (χ2n) is 6.39. The molecule has 0 bridgehead atoms. The van der Waals surface area contributed by atoms with Gasteiger partial charge < -0.3 is 16.2 Å². The topological polar surface area (TPSA) is 91.5 Å². The molecule has 0 unspecified atom stereocenters. The van der Waals surface area contributed by atoms with E-state index >= 15 is 0 Å². The highest BCUT2D eigenvalue weighted by Gasteiger charge is 2.18. The van der Waals surface area contributed by atoms with Crippen molar-refractivity contribution in [3.05, 3.63) is 45.9 Å². The highest BCUT2D eigenvalue weighted by Crippen LogP contribution is 2.20. The van der Waals surface area contributed by atoms with Gasteiger partial charge in [0.05, 0.1) is 0 Å². The van der Waals surface area contributed by atoms with Gasteiger partial charge in [-0.25, -0.2) is 4.98 Å². The van der Waals surface area contributed by atoms with Gasteiger partial charge in [-0.2, -0.15) is 0 Å². The number of aliphatic hydroxyl groups is 1. The molecule has 1 aliphatic heterocycles. The van der Waals surface area contributed by atoms with Crippen molar-refractivity contribution in [2.45, 2.75) is 25.9 Å². The van der Waals surface area contributed by atoms with Crippen molar-refractivity contribution in [1.29, 1.82) is 0 Å². The van der Waals surface area contributed by atoms with Crippen LogP contribution in [0.1, 0.15) is 33.9 Å². The molecule has 9 heteroatoms. The Kier molecular flexibility index (Phi) is 10.2. The lowest BCUT2D eigenvalue weighted by Crippen LogP contribution is -2.34. The minimum Gasteiger partial charge on any atom is -0.396 e. The van der Waals surface area contributed by atoms with E-state index in [-0.39, 0.29) is 37.3 Å². The molecule has 6 nitrogen and oxygen atoms in total. The monoisotopic (exact) mass is 432 g/mol. The largest absolute Gasteiger partial charge is 0.396 e. The molecule has 3 rings (SSSR count). The van der Waals surface area contributed by atoms with E-state index in [4.69, 9.17) is 5.73 Å². The summed E-state index contributed by atoms with van der Waals surface area (Å²) < 4.78 is 0. The fourth-order valence-electron chi connectivity index (χ4n) is 3.04. The Bertz CT molecular complexity index is 721. The summed E-state index contributed by atoms with van der Waals surface area (Å²) in [7, 11) is 0. The summed E-state index contributed by atoms with van der Waals surface area (Å²) in [6, 6.07) is 7.92. The molecule has 27 heavy (non-hydrogen) atoms. The van der Waals surface area contributed by atoms with E-state index in [2.05, 4.69) is 21.3 Å². The van der Waals surface area contributed by atoms with Crippen LogP contribution in [0.3, 0.4) is 0 Å². The number of piperidine rings is 1. The first-order valence-electron chi connectivity index (χ1n) is 8.56. The van der Waals surface area contributed by atoms with Gasteiger partial charge in [0.25, 0.3) is 5.91 Å². The van der Waals surface area contributed by atoms with Crippen molar-refractivity contribution in [2.75, 3.05) is 25.0 Å². The van der Waals surface area contributed by atoms with Gasteiger partial charge in [0.15, 0.2) is 0 Å². The number of rotatable bonds is 6. The molecular weight excluding hydrogens is 407 g/mol. The predicted octanol–water partition coefficient (Wildman–Crippen LogP) is 2.90. The minimum absolute atomic E-state index is 0. The van der Waals surface area contributed by atoms with Gasteiger partial charge in [-0.15, -0.1) is 36.2 Å². The van der Waals surface area contributed by atoms with Crippen molar-refractivity contribution in [1.82, 2.24) is 9.88 Å². The zero-order valence-corrected chi connectivity index (χ0v) is 17.4. The third-order valence-electron chi connectivity index (χ3n) is 4.52. The van der Waals surface area contributed by atoms with E-state index in [1.165, 1.54) is 16.9 Å². The van der Waals surface area contributed by atoms with Gasteiger partial charge in [0.1, 0.15) is 10.7 Å². The summed E-state index contributed by atoms with van der Waals surface area (Å²) in [5.41, 5.74) is 7.89. The summed E-state index contributed by atoms with van der Waals surface area (Å²) in [5, 5.41) is 14.6.